The van der Waals surface area contributed by atoms with E-state index in [4.69, 9.17) is 11.6 Å². The maximum atomic E-state index is 12.3. The molecule has 0 spiro atoms. The molecule has 4 nitrogen and oxygen atoms in total. The summed E-state index contributed by atoms with van der Waals surface area (Å²) in [6, 6.07) is 5.13. The summed E-state index contributed by atoms with van der Waals surface area (Å²) in [7, 11) is -3.54. The van der Waals surface area contributed by atoms with Gasteiger partial charge in [0, 0.05) is 13.1 Å². The van der Waals surface area contributed by atoms with Crippen molar-refractivity contribution in [2.75, 3.05) is 25.1 Å². The fourth-order valence-corrected chi connectivity index (χ4v) is 3.83. The topological polar surface area (TPSA) is 58.2 Å². The van der Waals surface area contributed by atoms with E-state index in [2.05, 4.69) is 17.0 Å². The van der Waals surface area contributed by atoms with Crippen molar-refractivity contribution in [3.63, 3.8) is 0 Å². The van der Waals surface area contributed by atoms with E-state index in [0.29, 0.717) is 13.1 Å². The molecule has 0 aromatic heterocycles. The summed E-state index contributed by atoms with van der Waals surface area (Å²) in [6.07, 6.45) is 3.84. The highest BCUT2D eigenvalue weighted by molar-refractivity contribution is 7.98. The molecule has 0 unspecified atom stereocenters. The molecule has 1 rings (SSSR count). The molecule has 0 saturated carbocycles. The Bertz CT molecular complexity index is 536. The first-order valence-corrected chi connectivity index (χ1v) is 10.2. The minimum Gasteiger partial charge on any atom is -0.313 e. The third-order valence-corrected chi connectivity index (χ3v) is 5.50. The van der Waals surface area contributed by atoms with Crippen molar-refractivity contribution in [3.05, 3.63) is 28.8 Å². The summed E-state index contributed by atoms with van der Waals surface area (Å²) in [6.45, 7) is 4.05. The molecule has 21 heavy (non-hydrogen) atoms. The van der Waals surface area contributed by atoms with Crippen molar-refractivity contribution in [3.8, 4) is 0 Å². The zero-order valence-corrected chi connectivity index (χ0v) is 14.9. The van der Waals surface area contributed by atoms with Crippen LogP contribution >= 0.6 is 23.4 Å². The lowest BCUT2D eigenvalue weighted by Gasteiger charge is -2.10. The second-order valence-corrected chi connectivity index (χ2v) is 7.81. The van der Waals surface area contributed by atoms with Gasteiger partial charge < -0.3 is 5.32 Å². The van der Waals surface area contributed by atoms with Gasteiger partial charge in [-0.25, -0.2) is 13.1 Å². The number of sulfonamides is 1. The molecule has 0 atom stereocenters. The van der Waals surface area contributed by atoms with E-state index in [1.807, 2.05) is 12.3 Å². The molecular formula is C14H23ClN2O2S2. The first-order valence-electron chi connectivity index (χ1n) is 6.99. The fourth-order valence-electron chi connectivity index (χ4n) is 1.77. The second-order valence-electron chi connectivity index (χ2n) is 4.69. The molecule has 0 heterocycles. The van der Waals surface area contributed by atoms with Gasteiger partial charge in [-0.2, -0.15) is 11.8 Å². The van der Waals surface area contributed by atoms with Crippen LogP contribution in [0.3, 0.4) is 0 Å². The number of nitrogens with one attached hydrogen (secondary N) is 2. The Morgan fingerprint density at radius 2 is 2.05 bits per heavy atom. The maximum Gasteiger partial charge on any atom is 0.242 e. The van der Waals surface area contributed by atoms with Crippen LogP contribution in [0.1, 0.15) is 25.3 Å². The van der Waals surface area contributed by atoms with Gasteiger partial charge in [0.1, 0.15) is 4.90 Å². The Kier molecular flexibility index (Phi) is 8.66. The molecule has 120 valence electrons. The van der Waals surface area contributed by atoms with Crippen LogP contribution in [0.2, 0.25) is 5.02 Å². The van der Waals surface area contributed by atoms with E-state index in [-0.39, 0.29) is 9.92 Å². The lowest BCUT2D eigenvalue weighted by atomic mass is 10.2. The molecule has 0 amide bonds. The summed E-state index contributed by atoms with van der Waals surface area (Å²) in [5.41, 5.74) is 0.914. The molecule has 0 radical (unpaired) electrons. The van der Waals surface area contributed by atoms with Crippen LogP contribution in [0.25, 0.3) is 0 Å². The number of hydrogen-bond donors (Lipinski definition) is 2. The predicted molar refractivity (Wildman–Crippen MR) is 91.6 cm³/mol. The smallest absolute Gasteiger partial charge is 0.242 e. The zero-order chi connectivity index (χ0) is 15.7. The van der Waals surface area contributed by atoms with Gasteiger partial charge in [-0.15, -0.1) is 0 Å². The second kappa shape index (κ2) is 9.69. The number of thioether (sulfide) groups is 1. The lowest BCUT2D eigenvalue weighted by Crippen LogP contribution is -2.25. The summed E-state index contributed by atoms with van der Waals surface area (Å²) < 4.78 is 27.2. The zero-order valence-electron chi connectivity index (χ0n) is 12.5. The first-order chi connectivity index (χ1) is 10.0. The standard InChI is InChI=1S/C14H23ClN2O2S2/c1-3-7-16-11-12-5-6-13(15)14(10-12)21(18,19)17-8-4-9-20-2/h5-6,10,16-17H,3-4,7-9,11H2,1-2H3. The van der Waals surface area contributed by atoms with Crippen LogP contribution in [0, 0.1) is 0 Å². The third-order valence-electron chi connectivity index (χ3n) is 2.86. The molecule has 0 fully saturated rings. The van der Waals surface area contributed by atoms with Gasteiger partial charge in [-0.3, -0.25) is 0 Å². The van der Waals surface area contributed by atoms with Crippen molar-refractivity contribution < 1.29 is 8.42 Å². The van der Waals surface area contributed by atoms with E-state index >= 15 is 0 Å². The molecule has 0 saturated heterocycles. The Morgan fingerprint density at radius 3 is 2.71 bits per heavy atom. The largest absolute Gasteiger partial charge is 0.313 e. The SMILES string of the molecule is CCCNCc1ccc(Cl)c(S(=O)(=O)NCCCSC)c1. The van der Waals surface area contributed by atoms with Gasteiger partial charge in [-0.1, -0.05) is 24.6 Å². The molecule has 0 aliphatic rings. The summed E-state index contributed by atoms with van der Waals surface area (Å²) >= 11 is 7.73. The number of hydrogen-bond acceptors (Lipinski definition) is 4. The monoisotopic (exact) mass is 350 g/mol. The van der Waals surface area contributed by atoms with Gasteiger partial charge in [0.2, 0.25) is 10.0 Å². The first kappa shape index (κ1) is 18.8. The Hall–Kier alpha value is -0.270. The summed E-state index contributed by atoms with van der Waals surface area (Å²) in [5.74, 6) is 0.928. The van der Waals surface area contributed by atoms with Crippen molar-refractivity contribution in [2.24, 2.45) is 0 Å². The van der Waals surface area contributed by atoms with E-state index < -0.39 is 10.0 Å². The average molecular weight is 351 g/mol. The number of halogens is 1. The molecule has 0 aliphatic carbocycles. The molecule has 1 aromatic carbocycles. The van der Waals surface area contributed by atoms with Crippen LogP contribution in [0.4, 0.5) is 0 Å². The molecule has 2 N–H and O–H groups in total. The summed E-state index contributed by atoms with van der Waals surface area (Å²) in [4.78, 5) is 0.157. The Labute approximate surface area is 137 Å². The van der Waals surface area contributed by atoms with Gasteiger partial charge in [0.05, 0.1) is 5.02 Å². The Balaban J connectivity index is 2.77. The van der Waals surface area contributed by atoms with Crippen molar-refractivity contribution >= 4 is 33.4 Å². The number of benzene rings is 1. The molecule has 7 heteroatoms. The van der Waals surface area contributed by atoms with E-state index in [9.17, 15) is 8.42 Å². The quantitative estimate of drug-likeness (QED) is 0.637. The lowest BCUT2D eigenvalue weighted by molar-refractivity contribution is 0.580. The van der Waals surface area contributed by atoms with E-state index in [0.717, 1.165) is 30.7 Å². The Morgan fingerprint density at radius 1 is 1.29 bits per heavy atom. The molecular weight excluding hydrogens is 328 g/mol. The summed E-state index contributed by atoms with van der Waals surface area (Å²) in [5, 5.41) is 3.50. The normalized spacial score (nSPS) is 11.8. The van der Waals surface area contributed by atoms with Crippen molar-refractivity contribution in [1.29, 1.82) is 0 Å². The molecule has 0 bridgehead atoms. The van der Waals surface area contributed by atoms with Crippen LogP contribution in [0.15, 0.2) is 23.1 Å². The highest BCUT2D eigenvalue weighted by atomic mass is 35.5. The van der Waals surface area contributed by atoms with Crippen LogP contribution < -0.4 is 10.0 Å². The van der Waals surface area contributed by atoms with Crippen molar-refractivity contribution in [1.82, 2.24) is 10.0 Å². The predicted octanol–water partition coefficient (Wildman–Crippen LogP) is 2.87. The highest BCUT2D eigenvalue weighted by Crippen LogP contribution is 2.22. The van der Waals surface area contributed by atoms with Gasteiger partial charge in [0.15, 0.2) is 0 Å². The minimum absolute atomic E-state index is 0.157. The molecule has 1 aromatic rings. The highest BCUT2D eigenvalue weighted by Gasteiger charge is 2.17. The van der Waals surface area contributed by atoms with Gasteiger partial charge in [0.25, 0.3) is 0 Å². The minimum atomic E-state index is -3.54. The van der Waals surface area contributed by atoms with Crippen LogP contribution in [-0.4, -0.2) is 33.5 Å². The van der Waals surface area contributed by atoms with Gasteiger partial charge in [-0.05, 0) is 49.1 Å². The van der Waals surface area contributed by atoms with Gasteiger partial charge >= 0.3 is 0 Å². The number of rotatable bonds is 10. The third kappa shape index (κ3) is 6.57. The van der Waals surface area contributed by atoms with Crippen molar-refractivity contribution in [2.45, 2.75) is 31.2 Å². The van der Waals surface area contributed by atoms with Crippen LogP contribution in [-0.2, 0) is 16.6 Å². The molecule has 0 aliphatic heterocycles. The van der Waals surface area contributed by atoms with Crippen LogP contribution in [0.5, 0.6) is 0 Å². The van der Waals surface area contributed by atoms with E-state index in [1.54, 1.807) is 23.9 Å². The fraction of sp³-hybridized carbons (Fsp3) is 0.571. The van der Waals surface area contributed by atoms with E-state index in [1.165, 1.54) is 0 Å². The average Bonchev–Trinajstić information content (AvgIpc) is 2.45. The maximum absolute atomic E-state index is 12.3.